The van der Waals surface area contributed by atoms with E-state index in [2.05, 4.69) is 5.32 Å². The van der Waals surface area contributed by atoms with E-state index < -0.39 is 5.97 Å². The van der Waals surface area contributed by atoms with Crippen molar-refractivity contribution in [3.8, 4) is 0 Å². The second-order valence-electron chi connectivity index (χ2n) is 3.21. The Balaban J connectivity index is 2.66. The van der Waals surface area contributed by atoms with Crippen LogP contribution in [0.3, 0.4) is 0 Å². The van der Waals surface area contributed by atoms with Gasteiger partial charge in [-0.25, -0.2) is 4.79 Å². The zero-order chi connectivity index (χ0) is 11.7. The van der Waals surface area contributed by atoms with Crippen LogP contribution in [0.2, 0.25) is 0 Å². The van der Waals surface area contributed by atoms with Gasteiger partial charge in [-0.1, -0.05) is 18.2 Å². The zero-order valence-corrected chi connectivity index (χ0v) is 9.30. The lowest BCUT2D eigenvalue weighted by atomic mass is 10.1. The molecule has 1 aromatic carbocycles. The second-order valence-corrected chi connectivity index (χ2v) is 4.03. The maximum atomic E-state index is 11.7. The topological polar surface area (TPSA) is 66.4 Å². The average molecular weight is 235 g/mol. The number of carboxylic acid groups (broad SMARTS) is 1. The zero-order valence-electron chi connectivity index (χ0n) is 8.48. The minimum atomic E-state index is -1.07. The van der Waals surface area contributed by atoms with Crippen LogP contribution in [0.5, 0.6) is 0 Å². The molecule has 82 valence electrons. The van der Waals surface area contributed by atoms with Crippen molar-refractivity contribution in [3.63, 3.8) is 0 Å². The van der Waals surface area contributed by atoms with Crippen molar-refractivity contribution in [2.45, 2.75) is 0 Å². The lowest BCUT2D eigenvalue weighted by molar-refractivity contribution is -0.131. The Labute approximate surface area is 96.4 Å². The minimum Gasteiger partial charge on any atom is -0.477 e. The maximum Gasteiger partial charge on any atom is 0.343 e. The van der Waals surface area contributed by atoms with Gasteiger partial charge >= 0.3 is 5.97 Å². The molecular weight excluding hydrogens is 226 g/mol. The largest absolute Gasteiger partial charge is 0.477 e. The molecule has 2 N–H and O–H groups in total. The van der Waals surface area contributed by atoms with Gasteiger partial charge in [0, 0.05) is 11.3 Å². The molecule has 0 spiro atoms. The molecule has 1 heterocycles. The van der Waals surface area contributed by atoms with Crippen LogP contribution < -0.4 is 5.32 Å². The van der Waals surface area contributed by atoms with E-state index in [0.29, 0.717) is 11.3 Å². The molecule has 16 heavy (non-hydrogen) atoms. The first-order valence-electron chi connectivity index (χ1n) is 4.57. The summed E-state index contributed by atoms with van der Waals surface area (Å²) in [5.74, 6) is -1.43. The van der Waals surface area contributed by atoms with Crippen LogP contribution in [-0.2, 0) is 9.59 Å². The highest BCUT2D eigenvalue weighted by Gasteiger charge is 2.29. The van der Waals surface area contributed by atoms with E-state index in [4.69, 9.17) is 5.11 Å². The second kappa shape index (κ2) is 4.02. The van der Waals surface area contributed by atoms with E-state index in [-0.39, 0.29) is 16.4 Å². The van der Waals surface area contributed by atoms with Gasteiger partial charge in [-0.2, -0.15) is 0 Å². The van der Waals surface area contributed by atoms with Crippen LogP contribution in [0.1, 0.15) is 5.56 Å². The van der Waals surface area contributed by atoms with Crippen LogP contribution in [0, 0.1) is 0 Å². The van der Waals surface area contributed by atoms with Gasteiger partial charge < -0.3 is 10.4 Å². The summed E-state index contributed by atoms with van der Waals surface area (Å²) in [6, 6.07) is 7.06. The summed E-state index contributed by atoms with van der Waals surface area (Å²) < 4.78 is 0. The Hall–Kier alpha value is -1.75. The van der Waals surface area contributed by atoms with Gasteiger partial charge in [0.25, 0.3) is 5.91 Å². The van der Waals surface area contributed by atoms with Gasteiger partial charge in [0.15, 0.2) is 0 Å². The first-order chi connectivity index (χ1) is 7.65. The molecule has 1 aromatic rings. The molecule has 1 amide bonds. The molecule has 0 bridgehead atoms. The molecule has 0 aliphatic carbocycles. The van der Waals surface area contributed by atoms with Gasteiger partial charge in [-0.15, -0.1) is 11.8 Å². The maximum absolute atomic E-state index is 11.7. The predicted octanol–water partition coefficient (Wildman–Crippen LogP) is 1.80. The van der Waals surface area contributed by atoms with E-state index >= 15 is 0 Å². The van der Waals surface area contributed by atoms with Crippen molar-refractivity contribution in [2.75, 3.05) is 11.6 Å². The summed E-state index contributed by atoms with van der Waals surface area (Å²) >= 11 is 1.06. The third kappa shape index (κ3) is 1.59. The average Bonchev–Trinajstić information content (AvgIpc) is 2.57. The first-order valence-corrected chi connectivity index (χ1v) is 5.80. The van der Waals surface area contributed by atoms with E-state index in [1.54, 1.807) is 30.5 Å². The number of anilines is 1. The lowest BCUT2D eigenvalue weighted by Crippen LogP contribution is -2.09. The summed E-state index contributed by atoms with van der Waals surface area (Å²) in [4.78, 5) is 22.8. The molecule has 1 aliphatic heterocycles. The number of benzene rings is 1. The van der Waals surface area contributed by atoms with E-state index in [0.717, 1.165) is 11.8 Å². The summed E-state index contributed by atoms with van der Waals surface area (Å²) in [5, 5.41) is 11.7. The number of nitrogens with one attached hydrogen (secondary N) is 1. The number of thioether (sulfide) groups is 1. The standard InChI is InChI=1S/C11H9NO3S/c1-16-9(11(14)15)8-6-4-2-3-5-7(6)12-10(8)13/h2-5H,1H3,(H,12,13)(H,14,15). The third-order valence-electron chi connectivity index (χ3n) is 2.30. The summed E-state index contributed by atoms with van der Waals surface area (Å²) in [5.41, 5.74) is 1.56. The SMILES string of the molecule is CSC(C(=O)O)=C1C(=O)Nc2ccccc21. The van der Waals surface area contributed by atoms with E-state index in [1.807, 2.05) is 0 Å². The van der Waals surface area contributed by atoms with Gasteiger partial charge in [-0.3, -0.25) is 4.79 Å². The van der Waals surface area contributed by atoms with Gasteiger partial charge in [0.2, 0.25) is 0 Å². The quantitative estimate of drug-likeness (QED) is 0.767. The van der Waals surface area contributed by atoms with E-state index in [9.17, 15) is 9.59 Å². The third-order valence-corrected chi connectivity index (χ3v) is 3.08. The highest BCUT2D eigenvalue weighted by molar-refractivity contribution is 8.03. The normalized spacial score (nSPS) is 16.7. The highest BCUT2D eigenvalue weighted by Crippen LogP contribution is 2.36. The van der Waals surface area contributed by atoms with Crippen molar-refractivity contribution in [2.24, 2.45) is 0 Å². The number of carboxylic acids is 1. The molecule has 0 radical (unpaired) electrons. The number of hydrogen-bond acceptors (Lipinski definition) is 3. The van der Waals surface area contributed by atoms with Crippen molar-refractivity contribution in [3.05, 3.63) is 34.7 Å². The summed E-state index contributed by atoms with van der Waals surface area (Å²) in [6.45, 7) is 0. The monoisotopic (exact) mass is 235 g/mol. The molecule has 0 atom stereocenters. The number of carbonyl (C=O) groups excluding carboxylic acids is 1. The van der Waals surface area contributed by atoms with E-state index in [1.165, 1.54) is 0 Å². The fourth-order valence-corrected chi connectivity index (χ4v) is 2.22. The van der Waals surface area contributed by atoms with Crippen LogP contribution in [0.15, 0.2) is 29.2 Å². The number of rotatable bonds is 2. The van der Waals surface area contributed by atoms with Crippen LogP contribution in [0.4, 0.5) is 5.69 Å². The predicted molar refractivity (Wildman–Crippen MR) is 63.1 cm³/mol. The molecular formula is C11H9NO3S. The number of para-hydroxylation sites is 1. The summed E-state index contributed by atoms with van der Waals surface area (Å²) in [7, 11) is 0. The van der Waals surface area contributed by atoms with Crippen LogP contribution in [0.25, 0.3) is 5.57 Å². The van der Waals surface area contributed by atoms with Crippen molar-refractivity contribution >= 4 is 34.9 Å². The smallest absolute Gasteiger partial charge is 0.343 e. The Bertz CT molecular complexity index is 508. The van der Waals surface area contributed by atoms with Crippen molar-refractivity contribution in [1.29, 1.82) is 0 Å². The number of amides is 1. The first kappa shape index (κ1) is 10.8. The summed E-state index contributed by atoms with van der Waals surface area (Å²) in [6.07, 6.45) is 1.64. The molecule has 5 heteroatoms. The molecule has 0 fully saturated rings. The molecule has 1 aliphatic rings. The number of hydrogen-bond donors (Lipinski definition) is 2. The number of aliphatic carboxylic acids is 1. The minimum absolute atomic E-state index is 0.0717. The van der Waals surface area contributed by atoms with Gasteiger partial charge in [0.1, 0.15) is 4.91 Å². The van der Waals surface area contributed by atoms with Crippen molar-refractivity contribution < 1.29 is 14.7 Å². The molecule has 0 aromatic heterocycles. The molecule has 0 saturated heterocycles. The van der Waals surface area contributed by atoms with Crippen molar-refractivity contribution in [1.82, 2.24) is 0 Å². The number of carbonyl (C=O) groups is 2. The molecule has 0 unspecified atom stereocenters. The Kier molecular flexibility index (Phi) is 2.70. The Morgan fingerprint density at radius 3 is 2.69 bits per heavy atom. The van der Waals surface area contributed by atoms with Crippen LogP contribution >= 0.6 is 11.8 Å². The Morgan fingerprint density at radius 2 is 2.06 bits per heavy atom. The molecule has 0 saturated carbocycles. The molecule has 4 nitrogen and oxygen atoms in total. The van der Waals surface area contributed by atoms with Gasteiger partial charge in [0.05, 0.1) is 5.57 Å². The highest BCUT2D eigenvalue weighted by atomic mass is 32.2. The molecule has 2 rings (SSSR count). The number of fused-ring (bicyclic) bond motifs is 1. The fraction of sp³-hybridized carbons (Fsp3) is 0.0909. The fourth-order valence-electron chi connectivity index (χ4n) is 1.64. The van der Waals surface area contributed by atoms with Crippen LogP contribution in [-0.4, -0.2) is 23.2 Å². The lowest BCUT2D eigenvalue weighted by Gasteiger charge is -2.02. The Morgan fingerprint density at radius 1 is 1.38 bits per heavy atom. The van der Waals surface area contributed by atoms with Gasteiger partial charge in [-0.05, 0) is 12.3 Å².